The van der Waals surface area contributed by atoms with E-state index >= 15 is 0 Å². The van der Waals surface area contributed by atoms with E-state index in [2.05, 4.69) is 67.7 Å². The molecule has 0 aliphatic carbocycles. The molecule has 0 amide bonds. The first kappa shape index (κ1) is 20.6. The molecule has 2 aliphatic heterocycles. The monoisotopic (exact) mass is 398 g/mol. The second kappa shape index (κ2) is 8.63. The van der Waals surface area contributed by atoms with Gasteiger partial charge in [0.1, 0.15) is 5.41 Å². The van der Waals surface area contributed by atoms with Crippen LogP contribution in [0.5, 0.6) is 0 Å². The van der Waals surface area contributed by atoms with Gasteiger partial charge in [0.25, 0.3) is 0 Å². The molecule has 2 aliphatic rings. The SMILES string of the molecule is C[N+]1(CCCC#N)[C@@H]2CC[C@H]1CC(CC(C#N)(c1ccccc1)c1ccccc1)C2. The van der Waals surface area contributed by atoms with Crippen molar-refractivity contribution >= 4 is 0 Å². The standard InChI is InChI=1S/C27H32N3/c1-30(17-9-8-16-28)25-14-15-26(30)19-22(18-25)20-27(21-29,23-10-4-2-5-11-23)24-12-6-3-7-13-24/h2-7,10-13,22,25-26H,8-9,14-15,17-20H2,1H3/q+1/t22?,25-,26+,30?. The van der Waals surface area contributed by atoms with E-state index in [4.69, 9.17) is 5.26 Å². The number of quaternary nitrogens is 1. The Morgan fingerprint density at radius 2 is 1.43 bits per heavy atom. The van der Waals surface area contributed by atoms with Gasteiger partial charge in [-0.3, -0.25) is 0 Å². The van der Waals surface area contributed by atoms with Crippen LogP contribution in [0.2, 0.25) is 0 Å². The molecule has 3 heteroatoms. The fourth-order valence-corrected chi connectivity index (χ4v) is 6.34. The molecule has 2 heterocycles. The molecule has 4 rings (SSSR count). The lowest BCUT2D eigenvalue weighted by Gasteiger charge is -2.48. The third kappa shape index (κ3) is 3.64. The van der Waals surface area contributed by atoms with E-state index in [1.165, 1.54) is 25.7 Å². The summed E-state index contributed by atoms with van der Waals surface area (Å²) in [6.45, 7) is 1.12. The van der Waals surface area contributed by atoms with E-state index in [1.54, 1.807) is 0 Å². The van der Waals surface area contributed by atoms with Crippen molar-refractivity contribution in [3.05, 3.63) is 71.8 Å². The summed E-state index contributed by atoms with van der Waals surface area (Å²) in [6.07, 6.45) is 7.53. The fraction of sp³-hybridized carbons (Fsp3) is 0.481. The highest BCUT2D eigenvalue weighted by Crippen LogP contribution is 2.48. The summed E-state index contributed by atoms with van der Waals surface area (Å²) in [5.74, 6) is 0.560. The Hall–Kier alpha value is -2.62. The Labute approximate surface area is 181 Å². The second-order valence-electron chi connectivity index (χ2n) is 9.51. The maximum absolute atomic E-state index is 10.5. The van der Waals surface area contributed by atoms with E-state index in [0.717, 1.165) is 35.0 Å². The zero-order valence-corrected chi connectivity index (χ0v) is 18.0. The molecule has 0 radical (unpaired) electrons. The molecule has 2 aromatic rings. The van der Waals surface area contributed by atoms with Crippen LogP contribution in [0.15, 0.2) is 60.7 Å². The van der Waals surface area contributed by atoms with Crippen LogP contribution in [0.3, 0.4) is 0 Å². The summed E-state index contributed by atoms with van der Waals surface area (Å²) < 4.78 is 1.15. The highest BCUT2D eigenvalue weighted by atomic mass is 15.4. The van der Waals surface area contributed by atoms with Gasteiger partial charge < -0.3 is 4.48 Å². The van der Waals surface area contributed by atoms with E-state index in [1.807, 2.05) is 12.1 Å². The average molecular weight is 399 g/mol. The van der Waals surface area contributed by atoms with Gasteiger partial charge in [0.05, 0.1) is 37.8 Å². The summed E-state index contributed by atoms with van der Waals surface area (Å²) >= 11 is 0. The van der Waals surface area contributed by atoms with Crippen LogP contribution in [-0.4, -0.2) is 30.2 Å². The first-order chi connectivity index (χ1) is 14.6. The van der Waals surface area contributed by atoms with Crippen LogP contribution in [0.1, 0.15) is 56.1 Å². The van der Waals surface area contributed by atoms with Crippen LogP contribution < -0.4 is 0 Å². The number of hydrogen-bond acceptors (Lipinski definition) is 2. The molecule has 3 nitrogen and oxygen atoms in total. The first-order valence-electron chi connectivity index (χ1n) is 11.4. The Morgan fingerprint density at radius 1 is 0.900 bits per heavy atom. The Kier molecular flexibility index (Phi) is 5.94. The van der Waals surface area contributed by atoms with Gasteiger partial charge in [0.15, 0.2) is 0 Å². The maximum Gasteiger partial charge on any atom is 0.107 e. The van der Waals surface area contributed by atoms with E-state index in [0.29, 0.717) is 24.4 Å². The van der Waals surface area contributed by atoms with Crippen molar-refractivity contribution in [3.63, 3.8) is 0 Å². The van der Waals surface area contributed by atoms with Crippen molar-refractivity contribution in [2.75, 3.05) is 13.6 Å². The minimum absolute atomic E-state index is 0.560. The van der Waals surface area contributed by atoms with Crippen molar-refractivity contribution in [2.45, 2.75) is 62.4 Å². The Balaban J connectivity index is 1.60. The molecule has 2 bridgehead atoms. The molecule has 2 fully saturated rings. The van der Waals surface area contributed by atoms with Gasteiger partial charge in [-0.25, -0.2) is 0 Å². The number of unbranched alkanes of at least 4 members (excludes halogenated alkanes) is 1. The smallest absolute Gasteiger partial charge is 0.107 e. The molecule has 2 aromatic carbocycles. The quantitative estimate of drug-likeness (QED) is 0.452. The van der Waals surface area contributed by atoms with Crippen LogP contribution in [0, 0.1) is 28.6 Å². The van der Waals surface area contributed by atoms with Crippen molar-refractivity contribution in [1.29, 1.82) is 10.5 Å². The van der Waals surface area contributed by atoms with E-state index < -0.39 is 5.41 Å². The van der Waals surface area contributed by atoms with Gasteiger partial charge >= 0.3 is 0 Å². The minimum Gasteiger partial charge on any atom is -0.321 e. The number of benzene rings is 2. The average Bonchev–Trinajstić information content (AvgIpc) is 2.95. The third-order valence-corrected chi connectivity index (χ3v) is 7.96. The molecule has 0 N–H and O–H groups in total. The summed E-state index contributed by atoms with van der Waals surface area (Å²) in [5.41, 5.74) is 1.64. The van der Waals surface area contributed by atoms with Crippen LogP contribution in [0.25, 0.3) is 0 Å². The molecule has 30 heavy (non-hydrogen) atoms. The number of nitrogens with zero attached hydrogens (tertiary/aromatic N) is 3. The maximum atomic E-state index is 10.5. The zero-order valence-electron chi connectivity index (χ0n) is 18.0. The molecule has 154 valence electrons. The third-order valence-electron chi connectivity index (χ3n) is 7.96. The number of hydrogen-bond donors (Lipinski definition) is 0. The highest BCUT2D eigenvalue weighted by Gasteiger charge is 2.52. The Morgan fingerprint density at radius 3 is 1.90 bits per heavy atom. The fourth-order valence-electron chi connectivity index (χ4n) is 6.34. The van der Waals surface area contributed by atoms with Crippen LogP contribution in [0.4, 0.5) is 0 Å². The van der Waals surface area contributed by atoms with Gasteiger partial charge in [0, 0.05) is 38.5 Å². The number of rotatable bonds is 7. The van der Waals surface area contributed by atoms with E-state index in [-0.39, 0.29) is 0 Å². The van der Waals surface area contributed by atoms with Gasteiger partial charge in [-0.15, -0.1) is 0 Å². The normalized spacial score (nSPS) is 27.9. The molecule has 2 saturated heterocycles. The zero-order chi connectivity index (χ0) is 21.0. The number of fused-ring (bicyclic) bond motifs is 2. The van der Waals surface area contributed by atoms with Crippen LogP contribution >= 0.6 is 0 Å². The van der Waals surface area contributed by atoms with Gasteiger partial charge in [-0.05, 0) is 23.5 Å². The number of nitriles is 2. The largest absolute Gasteiger partial charge is 0.321 e. The molecule has 0 aromatic heterocycles. The summed E-state index contributed by atoms with van der Waals surface area (Å²) in [7, 11) is 2.42. The predicted octanol–water partition coefficient (Wildman–Crippen LogP) is 5.58. The highest BCUT2D eigenvalue weighted by molar-refractivity contribution is 5.45. The molecule has 4 atom stereocenters. The summed E-state index contributed by atoms with van der Waals surface area (Å²) in [5, 5.41) is 19.5. The topological polar surface area (TPSA) is 47.6 Å². The molecular formula is C27H32N3+. The van der Waals surface area contributed by atoms with Crippen molar-refractivity contribution in [1.82, 2.24) is 0 Å². The molecular weight excluding hydrogens is 366 g/mol. The lowest BCUT2D eigenvalue weighted by molar-refractivity contribution is -0.949. The van der Waals surface area contributed by atoms with Crippen LogP contribution in [-0.2, 0) is 5.41 Å². The summed E-state index contributed by atoms with van der Waals surface area (Å²) in [6, 6.07) is 27.2. The second-order valence-corrected chi connectivity index (χ2v) is 9.51. The van der Waals surface area contributed by atoms with Crippen molar-refractivity contribution in [2.24, 2.45) is 5.92 Å². The van der Waals surface area contributed by atoms with Gasteiger partial charge in [-0.1, -0.05) is 60.7 Å². The Bertz CT molecular complexity index is 869. The van der Waals surface area contributed by atoms with Gasteiger partial charge in [0.2, 0.25) is 0 Å². The lowest BCUT2D eigenvalue weighted by Crippen LogP contribution is -2.58. The lowest BCUT2D eigenvalue weighted by atomic mass is 9.67. The van der Waals surface area contributed by atoms with Gasteiger partial charge in [-0.2, -0.15) is 10.5 Å². The molecule has 2 unspecified atom stereocenters. The summed E-state index contributed by atoms with van der Waals surface area (Å²) in [4.78, 5) is 0. The minimum atomic E-state index is -0.589. The molecule has 0 saturated carbocycles. The predicted molar refractivity (Wildman–Crippen MR) is 119 cm³/mol. The molecule has 0 spiro atoms. The van der Waals surface area contributed by atoms with Crippen molar-refractivity contribution < 1.29 is 4.48 Å². The van der Waals surface area contributed by atoms with E-state index in [9.17, 15) is 5.26 Å². The first-order valence-corrected chi connectivity index (χ1v) is 11.4. The van der Waals surface area contributed by atoms with Crippen molar-refractivity contribution in [3.8, 4) is 12.1 Å². The number of piperidine rings is 1.